The second kappa shape index (κ2) is 9.04. The lowest BCUT2D eigenvalue weighted by atomic mass is 9.98. The molecule has 1 atom stereocenters. The molecule has 0 fully saturated rings. The van der Waals surface area contributed by atoms with Crippen molar-refractivity contribution in [2.75, 3.05) is 31.6 Å². The molecule has 5 nitrogen and oxygen atoms in total. The Balaban J connectivity index is 1.20. The zero-order valence-electron chi connectivity index (χ0n) is 16.1. The van der Waals surface area contributed by atoms with Gasteiger partial charge in [-0.1, -0.05) is 42.5 Å². The van der Waals surface area contributed by atoms with Crippen LogP contribution in [-0.2, 0) is 0 Å². The first-order valence-electron chi connectivity index (χ1n) is 10.0. The molecule has 0 spiro atoms. The fraction of sp³-hybridized carbons (Fsp3) is 0.348. The molecule has 1 aliphatic carbocycles. The first-order chi connectivity index (χ1) is 13.8. The molecule has 3 aliphatic rings. The number of unbranched alkanes of at least 4 members (excludes halogenated alkanes) is 1. The van der Waals surface area contributed by atoms with Gasteiger partial charge in [0.25, 0.3) is 0 Å². The van der Waals surface area contributed by atoms with Crippen LogP contribution in [0.3, 0.4) is 0 Å². The Hall–Kier alpha value is -2.63. The van der Waals surface area contributed by atoms with Crippen molar-refractivity contribution in [2.24, 2.45) is 0 Å². The molecule has 0 radical (unpaired) electrons. The van der Waals surface area contributed by atoms with Crippen LogP contribution < -0.4 is 10.1 Å². The number of aliphatic hydroxyl groups excluding tert-OH is 1. The second-order valence-electron chi connectivity index (χ2n) is 7.27. The van der Waals surface area contributed by atoms with E-state index in [0.717, 1.165) is 44.5 Å². The third-order valence-electron chi connectivity index (χ3n) is 5.19. The van der Waals surface area contributed by atoms with Crippen LogP contribution >= 0.6 is 0 Å². The smallest absolute Gasteiger partial charge is 0.215 e. The summed E-state index contributed by atoms with van der Waals surface area (Å²) in [6, 6.07) is 3.84. The zero-order valence-corrected chi connectivity index (χ0v) is 16.1. The number of hydrogen-bond donors (Lipinski definition) is 2. The first kappa shape index (κ1) is 18.7. The lowest BCUT2D eigenvalue weighted by Gasteiger charge is -2.29. The van der Waals surface area contributed by atoms with Crippen molar-refractivity contribution >= 4 is 11.9 Å². The van der Waals surface area contributed by atoms with Gasteiger partial charge < -0.3 is 15.2 Å². The number of anilines is 1. The summed E-state index contributed by atoms with van der Waals surface area (Å²) in [7, 11) is 0. The van der Waals surface area contributed by atoms with E-state index in [0.29, 0.717) is 18.3 Å². The monoisotopic (exact) mass is 377 g/mol. The number of allylic oxidation sites excluding steroid dienone is 5. The highest BCUT2D eigenvalue weighted by molar-refractivity contribution is 5.67. The van der Waals surface area contributed by atoms with Crippen molar-refractivity contribution in [3.8, 4) is 5.88 Å². The van der Waals surface area contributed by atoms with Gasteiger partial charge in [0.15, 0.2) is 0 Å². The quantitative estimate of drug-likeness (QED) is 0.741. The summed E-state index contributed by atoms with van der Waals surface area (Å²) in [6.07, 6.45) is 19.0. The van der Waals surface area contributed by atoms with Crippen LogP contribution in [0.5, 0.6) is 5.88 Å². The van der Waals surface area contributed by atoms with E-state index in [1.54, 1.807) is 6.08 Å². The summed E-state index contributed by atoms with van der Waals surface area (Å²) in [4.78, 5) is 6.96. The minimum atomic E-state index is -0.686. The fourth-order valence-electron chi connectivity index (χ4n) is 3.65. The van der Waals surface area contributed by atoms with Gasteiger partial charge in [-0.05, 0) is 49.1 Å². The molecule has 4 rings (SSSR count). The van der Waals surface area contributed by atoms with Gasteiger partial charge in [0.1, 0.15) is 12.0 Å². The third-order valence-corrected chi connectivity index (χ3v) is 5.19. The maximum Gasteiger partial charge on any atom is 0.215 e. The van der Waals surface area contributed by atoms with E-state index >= 15 is 0 Å². The van der Waals surface area contributed by atoms with Crippen LogP contribution in [0.2, 0.25) is 0 Å². The predicted octanol–water partition coefficient (Wildman–Crippen LogP) is 3.68. The van der Waals surface area contributed by atoms with Gasteiger partial charge in [-0.25, -0.2) is 0 Å². The lowest BCUT2D eigenvalue weighted by molar-refractivity contribution is 0.249. The minimum absolute atomic E-state index is 0.598. The molecule has 0 bridgehead atoms. The van der Waals surface area contributed by atoms with E-state index < -0.39 is 6.23 Å². The number of aromatic nitrogens is 1. The number of ether oxygens (including phenoxy) is 1. The summed E-state index contributed by atoms with van der Waals surface area (Å²) in [5, 5.41) is 12.5. The maximum absolute atomic E-state index is 9.62. The van der Waals surface area contributed by atoms with Gasteiger partial charge in [0.05, 0.1) is 6.61 Å². The van der Waals surface area contributed by atoms with Crippen LogP contribution in [0, 0.1) is 0 Å². The molecule has 5 heteroatoms. The van der Waals surface area contributed by atoms with E-state index in [4.69, 9.17) is 4.74 Å². The molecule has 1 unspecified atom stereocenters. The van der Waals surface area contributed by atoms with E-state index in [2.05, 4.69) is 51.7 Å². The normalized spacial score (nSPS) is 21.0. The van der Waals surface area contributed by atoms with Crippen molar-refractivity contribution in [1.29, 1.82) is 0 Å². The molecule has 0 aromatic carbocycles. The van der Waals surface area contributed by atoms with E-state index in [1.807, 2.05) is 18.2 Å². The van der Waals surface area contributed by atoms with Gasteiger partial charge in [0.2, 0.25) is 5.88 Å². The zero-order chi connectivity index (χ0) is 19.2. The molecule has 0 saturated heterocycles. The van der Waals surface area contributed by atoms with E-state index in [-0.39, 0.29) is 0 Å². The van der Waals surface area contributed by atoms with Gasteiger partial charge in [-0.15, -0.1) is 0 Å². The Bertz CT molecular complexity index is 851. The Kier molecular flexibility index (Phi) is 6.04. The third kappa shape index (κ3) is 4.80. The van der Waals surface area contributed by atoms with Crippen molar-refractivity contribution in [3.05, 3.63) is 71.4 Å². The molecular weight excluding hydrogens is 350 g/mol. The average molecular weight is 377 g/mol. The highest BCUT2D eigenvalue weighted by Crippen LogP contribution is 2.24. The standard InChI is InChI=1S/C23H27N3O2/c27-21-11-9-19-10-12-22(25-23(19)24-21)28-16-6-5-14-26-15-13-18-7-3-1-2-4-8-20(18)17-26/h1-4,7-12,21,27H,5-6,13-17H2,(H,24,25). The van der Waals surface area contributed by atoms with Crippen molar-refractivity contribution in [2.45, 2.75) is 25.5 Å². The van der Waals surface area contributed by atoms with Crippen molar-refractivity contribution in [1.82, 2.24) is 9.88 Å². The molecule has 28 heavy (non-hydrogen) atoms. The average Bonchev–Trinajstić information content (AvgIpc) is 2.68. The minimum Gasteiger partial charge on any atom is -0.478 e. The number of pyridine rings is 1. The number of hydrogen-bond acceptors (Lipinski definition) is 5. The lowest BCUT2D eigenvalue weighted by Crippen LogP contribution is -2.32. The molecular formula is C23H27N3O2. The number of nitrogens with one attached hydrogen (secondary N) is 1. The van der Waals surface area contributed by atoms with Crippen LogP contribution in [0.15, 0.2) is 65.8 Å². The highest BCUT2D eigenvalue weighted by atomic mass is 16.5. The largest absolute Gasteiger partial charge is 0.478 e. The Morgan fingerprint density at radius 3 is 2.82 bits per heavy atom. The summed E-state index contributed by atoms with van der Waals surface area (Å²) < 4.78 is 5.80. The fourth-order valence-corrected chi connectivity index (χ4v) is 3.65. The summed E-state index contributed by atoms with van der Waals surface area (Å²) in [6.45, 7) is 3.89. The van der Waals surface area contributed by atoms with Crippen molar-refractivity contribution in [3.63, 3.8) is 0 Å². The summed E-state index contributed by atoms with van der Waals surface area (Å²) in [5.74, 6) is 1.27. The maximum atomic E-state index is 9.62. The molecule has 146 valence electrons. The Morgan fingerprint density at radius 2 is 1.93 bits per heavy atom. The first-order valence-corrected chi connectivity index (χ1v) is 10.0. The van der Waals surface area contributed by atoms with E-state index in [9.17, 15) is 5.11 Å². The SMILES string of the molecule is OC1C=Cc2ccc(OCCCCN3CCC4=C(C=CC=CC=C4)C3)nc2N1. The van der Waals surface area contributed by atoms with Gasteiger partial charge >= 0.3 is 0 Å². The molecule has 2 aliphatic heterocycles. The Labute approximate surface area is 166 Å². The molecule has 1 aromatic rings. The topological polar surface area (TPSA) is 57.6 Å². The Morgan fingerprint density at radius 1 is 1.07 bits per heavy atom. The second-order valence-corrected chi connectivity index (χ2v) is 7.27. The predicted molar refractivity (Wildman–Crippen MR) is 113 cm³/mol. The molecule has 0 saturated carbocycles. The van der Waals surface area contributed by atoms with Gasteiger partial charge in [-0.3, -0.25) is 4.90 Å². The van der Waals surface area contributed by atoms with Crippen LogP contribution in [-0.4, -0.2) is 47.5 Å². The number of fused-ring (bicyclic) bond motifs is 1. The van der Waals surface area contributed by atoms with Crippen molar-refractivity contribution < 1.29 is 9.84 Å². The number of nitrogens with zero attached hydrogens (tertiary/aromatic N) is 2. The number of rotatable bonds is 6. The molecule has 3 heterocycles. The molecule has 2 N–H and O–H groups in total. The van der Waals surface area contributed by atoms with Crippen LogP contribution in [0.1, 0.15) is 24.8 Å². The summed E-state index contributed by atoms with van der Waals surface area (Å²) >= 11 is 0. The molecule has 0 amide bonds. The van der Waals surface area contributed by atoms with Crippen LogP contribution in [0.4, 0.5) is 5.82 Å². The number of aliphatic hydroxyl groups is 1. The van der Waals surface area contributed by atoms with Crippen LogP contribution in [0.25, 0.3) is 6.08 Å². The van der Waals surface area contributed by atoms with E-state index in [1.165, 1.54) is 11.1 Å². The molecule has 1 aromatic heterocycles. The summed E-state index contributed by atoms with van der Waals surface area (Å²) in [5.41, 5.74) is 3.86. The van der Waals surface area contributed by atoms with Gasteiger partial charge in [0, 0.05) is 24.7 Å². The highest BCUT2D eigenvalue weighted by Gasteiger charge is 2.16. The van der Waals surface area contributed by atoms with Gasteiger partial charge in [-0.2, -0.15) is 4.98 Å².